The maximum absolute atomic E-state index is 6.17. The molecule has 1 heterocycles. The van der Waals surface area contributed by atoms with Crippen LogP contribution in [0.1, 0.15) is 0 Å². The van der Waals surface area contributed by atoms with Gasteiger partial charge in [-0.1, -0.05) is 30.3 Å². The van der Waals surface area contributed by atoms with Crippen LogP contribution in [0.2, 0.25) is 0 Å². The molecule has 108 valence electrons. The van der Waals surface area contributed by atoms with Gasteiger partial charge in [0.25, 0.3) is 0 Å². The molecular formula is C18H10Br2O2. The van der Waals surface area contributed by atoms with E-state index in [1.165, 1.54) is 0 Å². The molecule has 3 aromatic carbocycles. The molecular weight excluding hydrogens is 408 g/mol. The van der Waals surface area contributed by atoms with Gasteiger partial charge in [-0.25, -0.2) is 0 Å². The van der Waals surface area contributed by atoms with Gasteiger partial charge in [0.15, 0.2) is 5.75 Å². The van der Waals surface area contributed by atoms with Gasteiger partial charge in [-0.05, 0) is 62.2 Å². The number of hydrogen-bond acceptors (Lipinski definition) is 2. The van der Waals surface area contributed by atoms with Gasteiger partial charge in [0, 0.05) is 5.39 Å². The highest BCUT2D eigenvalue weighted by atomic mass is 79.9. The lowest BCUT2D eigenvalue weighted by molar-refractivity contribution is 0.482. The van der Waals surface area contributed by atoms with Crippen molar-refractivity contribution in [2.45, 2.75) is 0 Å². The summed E-state index contributed by atoms with van der Waals surface area (Å²) < 4.78 is 13.8. The van der Waals surface area contributed by atoms with Gasteiger partial charge < -0.3 is 9.15 Å². The van der Waals surface area contributed by atoms with Crippen LogP contribution in [0.3, 0.4) is 0 Å². The third-order valence-corrected chi connectivity index (χ3v) is 4.74. The molecule has 0 unspecified atom stereocenters. The normalized spacial score (nSPS) is 11.2. The van der Waals surface area contributed by atoms with Gasteiger partial charge in [-0.15, -0.1) is 0 Å². The summed E-state index contributed by atoms with van der Waals surface area (Å²) in [5.41, 5.74) is 1.68. The Hall–Kier alpha value is -1.78. The summed E-state index contributed by atoms with van der Waals surface area (Å²) in [6.45, 7) is 0. The van der Waals surface area contributed by atoms with E-state index in [9.17, 15) is 0 Å². The summed E-state index contributed by atoms with van der Waals surface area (Å²) in [6.07, 6.45) is 0. The molecule has 0 atom stereocenters. The third-order valence-electron chi connectivity index (χ3n) is 3.50. The van der Waals surface area contributed by atoms with E-state index in [4.69, 9.17) is 9.15 Å². The number of ether oxygens (including phenoxy) is 1. The molecule has 1 aromatic heterocycles. The van der Waals surface area contributed by atoms with E-state index in [0.717, 1.165) is 42.4 Å². The molecule has 4 heteroatoms. The molecule has 4 rings (SSSR count). The first-order chi connectivity index (χ1) is 10.7. The lowest BCUT2D eigenvalue weighted by atomic mass is 10.1. The monoisotopic (exact) mass is 416 g/mol. The lowest BCUT2D eigenvalue weighted by Gasteiger charge is -2.10. The zero-order chi connectivity index (χ0) is 15.1. The van der Waals surface area contributed by atoms with Crippen molar-refractivity contribution in [3.63, 3.8) is 0 Å². The number of halogens is 2. The number of hydrogen-bond donors (Lipinski definition) is 0. The van der Waals surface area contributed by atoms with Crippen LogP contribution >= 0.6 is 31.9 Å². The van der Waals surface area contributed by atoms with Gasteiger partial charge in [-0.2, -0.15) is 0 Å². The average molecular weight is 418 g/mol. The maximum Gasteiger partial charge on any atom is 0.155 e. The average Bonchev–Trinajstić information content (AvgIpc) is 2.90. The summed E-state index contributed by atoms with van der Waals surface area (Å²) in [6, 6.07) is 19.7. The van der Waals surface area contributed by atoms with Gasteiger partial charge in [0.05, 0.1) is 14.3 Å². The highest BCUT2D eigenvalue weighted by Gasteiger charge is 2.14. The fraction of sp³-hybridized carbons (Fsp3) is 0. The smallest absolute Gasteiger partial charge is 0.155 e. The van der Waals surface area contributed by atoms with E-state index in [-0.39, 0.29) is 0 Å². The highest BCUT2D eigenvalue weighted by Crippen LogP contribution is 2.41. The fourth-order valence-electron chi connectivity index (χ4n) is 2.52. The molecule has 0 bridgehead atoms. The number of para-hydroxylation sites is 2. The first-order valence-corrected chi connectivity index (χ1v) is 8.35. The number of rotatable bonds is 2. The second kappa shape index (κ2) is 5.45. The van der Waals surface area contributed by atoms with Crippen molar-refractivity contribution in [3.8, 4) is 11.5 Å². The van der Waals surface area contributed by atoms with Gasteiger partial charge >= 0.3 is 0 Å². The van der Waals surface area contributed by atoms with Crippen LogP contribution in [0.25, 0.3) is 21.9 Å². The molecule has 0 radical (unpaired) electrons. The third kappa shape index (κ3) is 2.23. The minimum Gasteiger partial charge on any atom is -0.456 e. The van der Waals surface area contributed by atoms with Crippen molar-refractivity contribution in [1.82, 2.24) is 0 Å². The van der Waals surface area contributed by atoms with Gasteiger partial charge in [0.2, 0.25) is 0 Å². The predicted molar refractivity (Wildman–Crippen MR) is 95.6 cm³/mol. The Morgan fingerprint density at radius 2 is 1.41 bits per heavy atom. The fourth-order valence-corrected chi connectivity index (χ4v) is 3.68. The molecule has 0 saturated carbocycles. The van der Waals surface area contributed by atoms with Crippen LogP contribution in [-0.4, -0.2) is 0 Å². The molecule has 0 N–H and O–H groups in total. The Labute approximate surface area is 143 Å². The van der Waals surface area contributed by atoms with E-state index < -0.39 is 0 Å². The second-order valence-corrected chi connectivity index (χ2v) is 6.59. The number of fused-ring (bicyclic) bond motifs is 3. The Balaban J connectivity index is 1.95. The molecule has 0 fully saturated rings. The number of furan rings is 1. The van der Waals surface area contributed by atoms with Crippen molar-refractivity contribution >= 4 is 53.8 Å². The van der Waals surface area contributed by atoms with E-state index in [2.05, 4.69) is 31.9 Å². The Morgan fingerprint density at radius 3 is 2.23 bits per heavy atom. The second-order valence-electron chi connectivity index (χ2n) is 4.88. The van der Waals surface area contributed by atoms with Crippen LogP contribution in [0.15, 0.2) is 74.0 Å². The maximum atomic E-state index is 6.17. The number of benzene rings is 3. The van der Waals surface area contributed by atoms with Crippen LogP contribution in [0.5, 0.6) is 11.5 Å². The summed E-state index contributed by atoms with van der Waals surface area (Å²) in [7, 11) is 0. The molecule has 0 spiro atoms. The lowest BCUT2D eigenvalue weighted by Crippen LogP contribution is -1.87. The van der Waals surface area contributed by atoms with Crippen molar-refractivity contribution in [3.05, 3.63) is 69.6 Å². The van der Waals surface area contributed by atoms with Crippen LogP contribution in [0.4, 0.5) is 0 Å². The largest absolute Gasteiger partial charge is 0.456 e. The Bertz CT molecular complexity index is 969. The molecule has 22 heavy (non-hydrogen) atoms. The van der Waals surface area contributed by atoms with Crippen molar-refractivity contribution < 1.29 is 9.15 Å². The first kappa shape index (κ1) is 13.9. The summed E-state index contributed by atoms with van der Waals surface area (Å²) in [5.74, 6) is 1.52. The van der Waals surface area contributed by atoms with Gasteiger partial charge in [0.1, 0.15) is 16.9 Å². The predicted octanol–water partition coefficient (Wildman–Crippen LogP) is 6.90. The van der Waals surface area contributed by atoms with Crippen molar-refractivity contribution in [2.75, 3.05) is 0 Å². The topological polar surface area (TPSA) is 22.4 Å². The van der Waals surface area contributed by atoms with E-state index in [1.54, 1.807) is 0 Å². The Kier molecular flexibility index (Phi) is 3.43. The standard InChI is InChI=1S/C18H10Br2O2/c19-12-6-3-7-13(20)18(12)22-16-10-4-9-15-17(16)11-5-1-2-8-14(11)21-15/h1-10H. The summed E-state index contributed by atoms with van der Waals surface area (Å²) in [5, 5.41) is 2.04. The molecule has 0 saturated heterocycles. The molecule has 0 aliphatic rings. The zero-order valence-electron chi connectivity index (χ0n) is 11.3. The summed E-state index contributed by atoms with van der Waals surface area (Å²) >= 11 is 7.06. The minimum atomic E-state index is 0.750. The molecule has 0 aliphatic heterocycles. The van der Waals surface area contributed by atoms with E-state index >= 15 is 0 Å². The SMILES string of the molecule is Brc1cccc(Br)c1Oc1cccc2oc3ccccc3c12. The zero-order valence-corrected chi connectivity index (χ0v) is 14.5. The summed E-state index contributed by atoms with van der Waals surface area (Å²) in [4.78, 5) is 0. The Morgan fingerprint density at radius 1 is 0.727 bits per heavy atom. The molecule has 2 nitrogen and oxygen atoms in total. The highest BCUT2D eigenvalue weighted by molar-refractivity contribution is 9.11. The minimum absolute atomic E-state index is 0.750. The van der Waals surface area contributed by atoms with E-state index in [1.807, 2.05) is 60.7 Å². The van der Waals surface area contributed by atoms with Gasteiger partial charge in [-0.3, -0.25) is 0 Å². The van der Waals surface area contributed by atoms with E-state index in [0.29, 0.717) is 0 Å². The quantitative estimate of drug-likeness (QED) is 0.353. The molecule has 4 aromatic rings. The van der Waals surface area contributed by atoms with Crippen LogP contribution < -0.4 is 4.74 Å². The van der Waals surface area contributed by atoms with Crippen LogP contribution in [-0.2, 0) is 0 Å². The molecule has 0 amide bonds. The molecule has 0 aliphatic carbocycles. The van der Waals surface area contributed by atoms with Crippen LogP contribution in [0, 0.1) is 0 Å². The van der Waals surface area contributed by atoms with Crippen molar-refractivity contribution in [2.24, 2.45) is 0 Å². The first-order valence-electron chi connectivity index (χ1n) is 6.76. The van der Waals surface area contributed by atoms with Crippen molar-refractivity contribution in [1.29, 1.82) is 0 Å².